The minimum atomic E-state index is -0.815. The van der Waals surface area contributed by atoms with Crippen molar-refractivity contribution >= 4 is 11.9 Å². The third-order valence-corrected chi connectivity index (χ3v) is 4.41. The quantitative estimate of drug-likeness (QED) is 0.744. The normalized spacial score (nSPS) is 19.0. The van der Waals surface area contributed by atoms with Gasteiger partial charge >= 0.3 is 5.97 Å². The van der Waals surface area contributed by atoms with Crippen LogP contribution in [0.1, 0.15) is 25.0 Å². The molecule has 1 aliphatic rings. The van der Waals surface area contributed by atoms with Crippen molar-refractivity contribution in [2.75, 3.05) is 6.61 Å². The maximum atomic E-state index is 12.7. The Morgan fingerprint density at radius 2 is 1.68 bits per heavy atom. The average Bonchev–Trinajstić information content (AvgIpc) is 3.07. The Bertz CT molecular complexity index is 791. The molecule has 0 radical (unpaired) electrons. The van der Waals surface area contributed by atoms with Crippen LogP contribution in [-0.4, -0.2) is 36.4 Å². The second kappa shape index (κ2) is 8.99. The molecule has 0 unspecified atom stereocenters. The molecule has 1 heterocycles. The molecule has 0 saturated carbocycles. The molecule has 28 heavy (non-hydrogen) atoms. The fraction of sp³-hybridized carbons (Fsp3) is 0.364. The minimum absolute atomic E-state index is 0.149. The molecule has 2 aromatic rings. The van der Waals surface area contributed by atoms with E-state index in [2.05, 4.69) is 5.32 Å². The summed E-state index contributed by atoms with van der Waals surface area (Å²) in [7, 11) is 0. The number of ether oxygens (including phenoxy) is 3. The Kier molecular flexibility index (Phi) is 6.44. The number of esters is 1. The maximum absolute atomic E-state index is 12.7. The van der Waals surface area contributed by atoms with Gasteiger partial charge in [-0.2, -0.15) is 0 Å². The van der Waals surface area contributed by atoms with Crippen LogP contribution in [0.4, 0.5) is 0 Å². The van der Waals surface area contributed by atoms with Crippen LogP contribution in [0.25, 0.3) is 0 Å². The molecular weight excluding hydrogens is 358 g/mol. The summed E-state index contributed by atoms with van der Waals surface area (Å²) in [4.78, 5) is 25.3. The maximum Gasteiger partial charge on any atom is 0.329 e. The van der Waals surface area contributed by atoms with Crippen LogP contribution in [0.2, 0.25) is 0 Å². The Morgan fingerprint density at radius 3 is 2.25 bits per heavy atom. The standard InChI is InChI=1S/C22H25NO5/c1-22(2)27-15-19(28-22)20(24)23-18(13-16-9-5-3-6-10-16)21(25)26-14-17-11-7-4-8-12-17/h3-12,18-19H,13-15H2,1-2H3,(H,23,24)/t18-,19-/m0/s1. The van der Waals surface area contributed by atoms with Crippen molar-refractivity contribution in [2.45, 2.75) is 44.8 Å². The number of benzene rings is 2. The van der Waals surface area contributed by atoms with Crippen molar-refractivity contribution in [3.63, 3.8) is 0 Å². The second-order valence-corrected chi connectivity index (χ2v) is 7.16. The fourth-order valence-corrected chi connectivity index (χ4v) is 2.95. The van der Waals surface area contributed by atoms with Gasteiger partial charge in [0.1, 0.15) is 12.6 Å². The van der Waals surface area contributed by atoms with E-state index in [1.165, 1.54) is 0 Å². The van der Waals surface area contributed by atoms with Gasteiger partial charge in [0.05, 0.1) is 6.61 Å². The van der Waals surface area contributed by atoms with Crippen LogP contribution < -0.4 is 5.32 Å². The van der Waals surface area contributed by atoms with Gasteiger partial charge in [-0.3, -0.25) is 4.79 Å². The van der Waals surface area contributed by atoms with E-state index in [4.69, 9.17) is 14.2 Å². The van der Waals surface area contributed by atoms with Gasteiger partial charge in [0.25, 0.3) is 5.91 Å². The van der Waals surface area contributed by atoms with E-state index in [0.717, 1.165) is 11.1 Å². The molecule has 0 spiro atoms. The number of nitrogens with one attached hydrogen (secondary N) is 1. The Morgan fingerprint density at radius 1 is 1.07 bits per heavy atom. The monoisotopic (exact) mass is 383 g/mol. The van der Waals surface area contributed by atoms with E-state index in [1.807, 2.05) is 60.7 Å². The molecule has 1 fully saturated rings. The van der Waals surface area contributed by atoms with E-state index >= 15 is 0 Å². The lowest BCUT2D eigenvalue weighted by molar-refractivity contribution is -0.157. The van der Waals surface area contributed by atoms with E-state index in [-0.39, 0.29) is 19.1 Å². The summed E-state index contributed by atoms with van der Waals surface area (Å²) in [6, 6.07) is 18.1. The number of amides is 1. The lowest BCUT2D eigenvalue weighted by Gasteiger charge is -2.21. The van der Waals surface area contributed by atoms with Crippen molar-refractivity contribution in [3.05, 3.63) is 71.8 Å². The highest BCUT2D eigenvalue weighted by atomic mass is 16.7. The molecular formula is C22H25NO5. The lowest BCUT2D eigenvalue weighted by Crippen LogP contribution is -2.48. The van der Waals surface area contributed by atoms with Crippen LogP contribution in [0.15, 0.2) is 60.7 Å². The molecule has 6 heteroatoms. The van der Waals surface area contributed by atoms with E-state index in [9.17, 15) is 9.59 Å². The number of rotatable bonds is 7. The molecule has 2 aromatic carbocycles. The van der Waals surface area contributed by atoms with Crippen molar-refractivity contribution < 1.29 is 23.8 Å². The third-order valence-electron chi connectivity index (χ3n) is 4.41. The zero-order chi connectivity index (χ0) is 20.0. The van der Waals surface area contributed by atoms with Gasteiger partial charge in [0, 0.05) is 6.42 Å². The number of carbonyl (C=O) groups is 2. The predicted molar refractivity (Wildman–Crippen MR) is 103 cm³/mol. The number of hydrogen-bond donors (Lipinski definition) is 1. The molecule has 6 nitrogen and oxygen atoms in total. The highest BCUT2D eigenvalue weighted by Gasteiger charge is 2.38. The van der Waals surface area contributed by atoms with Crippen molar-refractivity contribution in [1.82, 2.24) is 5.32 Å². The van der Waals surface area contributed by atoms with Crippen LogP contribution in [0.3, 0.4) is 0 Å². The molecule has 0 bridgehead atoms. The van der Waals surface area contributed by atoms with Gasteiger partial charge in [-0.05, 0) is 25.0 Å². The molecule has 0 aromatic heterocycles. The summed E-state index contributed by atoms with van der Waals surface area (Å²) < 4.78 is 16.5. The fourth-order valence-electron chi connectivity index (χ4n) is 2.95. The van der Waals surface area contributed by atoms with Crippen LogP contribution in [-0.2, 0) is 36.8 Å². The molecule has 3 rings (SSSR count). The Labute approximate surface area is 164 Å². The number of hydrogen-bond acceptors (Lipinski definition) is 5. The molecule has 1 amide bonds. The first-order valence-corrected chi connectivity index (χ1v) is 9.29. The zero-order valence-electron chi connectivity index (χ0n) is 16.1. The first-order valence-electron chi connectivity index (χ1n) is 9.29. The Balaban J connectivity index is 1.65. The molecule has 1 saturated heterocycles. The van der Waals surface area contributed by atoms with Gasteiger partial charge in [-0.15, -0.1) is 0 Å². The summed E-state index contributed by atoms with van der Waals surface area (Å²) >= 11 is 0. The molecule has 0 aliphatic carbocycles. The zero-order valence-corrected chi connectivity index (χ0v) is 16.1. The minimum Gasteiger partial charge on any atom is -0.459 e. The van der Waals surface area contributed by atoms with Gasteiger partial charge in [0.2, 0.25) is 0 Å². The summed E-state index contributed by atoms with van der Waals surface area (Å²) in [5, 5.41) is 2.76. The van der Waals surface area contributed by atoms with Crippen molar-refractivity contribution in [2.24, 2.45) is 0 Å². The van der Waals surface area contributed by atoms with E-state index in [1.54, 1.807) is 13.8 Å². The summed E-state index contributed by atoms with van der Waals surface area (Å²) in [5.41, 5.74) is 1.81. The topological polar surface area (TPSA) is 73.9 Å². The highest BCUT2D eigenvalue weighted by Crippen LogP contribution is 2.22. The first kappa shape index (κ1) is 20.0. The van der Waals surface area contributed by atoms with Gasteiger partial charge in [-0.25, -0.2) is 4.79 Å². The molecule has 1 aliphatic heterocycles. The largest absolute Gasteiger partial charge is 0.459 e. The van der Waals surface area contributed by atoms with Gasteiger partial charge in [0.15, 0.2) is 11.9 Å². The lowest BCUT2D eigenvalue weighted by atomic mass is 10.1. The van der Waals surface area contributed by atoms with Crippen molar-refractivity contribution in [1.29, 1.82) is 0 Å². The average molecular weight is 383 g/mol. The second-order valence-electron chi connectivity index (χ2n) is 7.16. The molecule has 2 atom stereocenters. The predicted octanol–water partition coefficient (Wildman–Crippen LogP) is 2.61. The Hall–Kier alpha value is -2.70. The summed E-state index contributed by atoms with van der Waals surface area (Å²) in [6.45, 7) is 3.79. The SMILES string of the molecule is CC1(C)OC[C@@H](C(=O)N[C@@H](Cc2ccccc2)C(=O)OCc2ccccc2)O1. The van der Waals surface area contributed by atoms with Gasteiger partial charge in [-0.1, -0.05) is 60.7 Å². The van der Waals surface area contributed by atoms with E-state index in [0.29, 0.717) is 6.42 Å². The summed E-state index contributed by atoms with van der Waals surface area (Å²) in [6.07, 6.45) is -0.424. The summed E-state index contributed by atoms with van der Waals surface area (Å²) in [5.74, 6) is -1.69. The first-order chi connectivity index (χ1) is 13.4. The molecule has 148 valence electrons. The van der Waals surface area contributed by atoms with Gasteiger partial charge < -0.3 is 19.5 Å². The smallest absolute Gasteiger partial charge is 0.329 e. The van der Waals surface area contributed by atoms with E-state index < -0.39 is 23.9 Å². The molecule has 1 N–H and O–H groups in total. The number of carbonyl (C=O) groups excluding carboxylic acids is 2. The van der Waals surface area contributed by atoms with Crippen LogP contribution in [0.5, 0.6) is 0 Å². The third kappa shape index (κ3) is 5.65. The van der Waals surface area contributed by atoms with Crippen LogP contribution in [0, 0.1) is 0 Å². The van der Waals surface area contributed by atoms with Crippen molar-refractivity contribution in [3.8, 4) is 0 Å². The van der Waals surface area contributed by atoms with Crippen LogP contribution >= 0.6 is 0 Å². The highest BCUT2D eigenvalue weighted by molar-refractivity contribution is 5.87.